The van der Waals surface area contributed by atoms with Gasteiger partial charge in [0.15, 0.2) is 0 Å². The van der Waals surface area contributed by atoms with E-state index in [4.69, 9.17) is 23.6 Å². The van der Waals surface area contributed by atoms with Crippen LogP contribution >= 0.6 is 47.2 Å². The van der Waals surface area contributed by atoms with Crippen LogP contribution in [0.4, 0.5) is 0 Å². The topological polar surface area (TPSA) is 40.5 Å². The van der Waals surface area contributed by atoms with Gasteiger partial charge in [0.2, 0.25) is 0 Å². The lowest BCUT2D eigenvalue weighted by Gasteiger charge is -2.24. The third kappa shape index (κ3) is 48.3. The van der Waals surface area contributed by atoms with Crippen molar-refractivity contribution in [2.24, 2.45) is 22.7 Å². The molecule has 0 aromatic rings. The van der Waals surface area contributed by atoms with Gasteiger partial charge in [0.25, 0.3) is 0 Å². The van der Waals surface area contributed by atoms with Gasteiger partial charge in [-0.1, -0.05) is 131 Å². The molecular weight excluding hydrogens is 591 g/mol. The third-order valence-corrected chi connectivity index (χ3v) is 10.5. The molecule has 0 aromatic heterocycles. The van der Waals surface area contributed by atoms with Crippen molar-refractivity contribution in [2.75, 3.05) is 23.8 Å². The zero-order valence-corrected chi connectivity index (χ0v) is 32.0. The maximum Gasteiger partial charge on any atom is 0.114 e. The first-order chi connectivity index (χ1) is 16.6. The Morgan fingerprint density at radius 2 is 0.946 bits per heavy atom. The fraction of sp³-hybridized carbons (Fsp3) is 1.00. The fourth-order valence-corrected chi connectivity index (χ4v) is 10.5. The molecule has 0 amide bonds. The van der Waals surface area contributed by atoms with Crippen LogP contribution in [0, 0.1) is 22.7 Å². The maximum absolute atomic E-state index is 9.38. The van der Waals surface area contributed by atoms with E-state index in [0.29, 0.717) is 35.0 Å². The summed E-state index contributed by atoms with van der Waals surface area (Å²) in [6.45, 7) is 22.0. The lowest BCUT2D eigenvalue weighted by molar-refractivity contribution is 0.321. The lowest BCUT2D eigenvalue weighted by Crippen LogP contribution is -2.13. The van der Waals surface area contributed by atoms with E-state index in [1.54, 1.807) is 0 Å². The SMILES string of the molecule is CC(CC(C)(C)C)CP(O)(=S)S.CC(CC(C)(C)C)CP(O)(=S)S.CCCCCCSCCCCCC. The molecule has 0 aliphatic rings. The molecule has 4 unspecified atom stereocenters. The zero-order valence-electron chi connectivity index (χ0n) is 26.0. The number of hydrogen-bond donors (Lipinski definition) is 4. The van der Waals surface area contributed by atoms with Gasteiger partial charge in [-0.05, 0) is 59.9 Å². The van der Waals surface area contributed by atoms with Crippen molar-refractivity contribution in [3.63, 3.8) is 0 Å². The highest BCUT2D eigenvalue weighted by atomic mass is 32.9. The number of hydrogen-bond acceptors (Lipinski definition) is 3. The van der Waals surface area contributed by atoms with Crippen LogP contribution in [0.3, 0.4) is 0 Å². The van der Waals surface area contributed by atoms with Crippen molar-refractivity contribution in [3.8, 4) is 0 Å². The second-order valence-electron chi connectivity index (χ2n) is 13.2. The molecule has 0 heterocycles. The third-order valence-electron chi connectivity index (χ3n) is 5.31. The number of thioether (sulfide) groups is 1. The van der Waals surface area contributed by atoms with Crippen LogP contribution in [0.25, 0.3) is 0 Å². The molecule has 0 saturated carbocycles. The van der Waals surface area contributed by atoms with E-state index in [2.05, 4.69) is 105 Å². The first kappa shape index (κ1) is 43.7. The van der Waals surface area contributed by atoms with E-state index in [9.17, 15) is 9.79 Å². The van der Waals surface area contributed by atoms with Crippen LogP contribution in [-0.4, -0.2) is 33.6 Å². The minimum absolute atomic E-state index is 0.317. The second-order valence-corrected chi connectivity index (χ2v) is 27.0. The van der Waals surface area contributed by atoms with Gasteiger partial charge >= 0.3 is 0 Å². The van der Waals surface area contributed by atoms with Gasteiger partial charge in [0.05, 0.1) is 0 Å². The molecule has 0 spiro atoms. The second kappa shape index (κ2) is 23.8. The molecule has 0 saturated heterocycles. The zero-order chi connectivity index (χ0) is 29.8. The summed E-state index contributed by atoms with van der Waals surface area (Å²) in [5.41, 5.74) is -3.93. The summed E-state index contributed by atoms with van der Waals surface area (Å²) in [6, 6.07) is 0. The summed E-state index contributed by atoms with van der Waals surface area (Å²) < 4.78 is 0. The summed E-state index contributed by atoms with van der Waals surface area (Å²) in [7, 11) is 0. The van der Waals surface area contributed by atoms with Crippen molar-refractivity contribution in [3.05, 3.63) is 0 Å². The van der Waals surface area contributed by atoms with Gasteiger partial charge in [-0.25, -0.2) is 0 Å². The fourth-order valence-electron chi connectivity index (χ4n) is 4.40. The number of rotatable bonds is 16. The van der Waals surface area contributed by atoms with Crippen LogP contribution in [0.1, 0.15) is 133 Å². The lowest BCUT2D eigenvalue weighted by atomic mass is 9.86. The molecule has 0 fully saturated rings. The van der Waals surface area contributed by atoms with Gasteiger partial charge < -0.3 is 9.79 Å². The maximum atomic E-state index is 9.38. The Bertz CT molecular complexity index is 555. The van der Waals surface area contributed by atoms with Crippen molar-refractivity contribution in [1.82, 2.24) is 0 Å². The predicted molar refractivity (Wildman–Crippen MR) is 193 cm³/mol. The Kier molecular flexibility index (Phi) is 28.1. The van der Waals surface area contributed by atoms with E-state index in [-0.39, 0.29) is 0 Å². The Balaban J connectivity index is -0.000000469. The number of unbranched alkanes of at least 4 members (excludes halogenated alkanes) is 6. The molecule has 228 valence electrons. The first-order valence-electron chi connectivity index (χ1n) is 14.3. The highest BCUT2D eigenvalue weighted by Gasteiger charge is 2.20. The van der Waals surface area contributed by atoms with E-state index in [0.717, 1.165) is 12.8 Å². The van der Waals surface area contributed by atoms with Gasteiger partial charge in [0, 0.05) is 12.3 Å². The standard InChI is InChI=1S/C12H26S.2C8H19OPS2/c1-3-5-7-9-11-13-12-10-8-6-4-2;2*1-7(5-8(2,3)4)6-10(9,11)12/h3-12H2,1-2H3;2*7H,5-6H2,1-4H3,(H2,9,11,12). The van der Waals surface area contributed by atoms with Crippen molar-refractivity contribution in [1.29, 1.82) is 0 Å². The summed E-state index contributed by atoms with van der Waals surface area (Å²) in [6.07, 6.45) is 14.9. The predicted octanol–water partition coefficient (Wildman–Crippen LogP) is 11.5. The van der Waals surface area contributed by atoms with Gasteiger partial charge in [-0.2, -0.15) is 11.8 Å². The largest absolute Gasteiger partial charge is 0.357 e. The van der Waals surface area contributed by atoms with Gasteiger partial charge in [0.1, 0.15) is 10.9 Å². The summed E-state index contributed by atoms with van der Waals surface area (Å²) in [4.78, 5) is 18.8. The van der Waals surface area contributed by atoms with E-state index in [1.165, 1.54) is 62.9 Å². The highest BCUT2D eigenvalue weighted by molar-refractivity contribution is 8.61. The minimum atomic E-state index is -2.28. The van der Waals surface area contributed by atoms with E-state index in [1.807, 2.05) is 0 Å². The van der Waals surface area contributed by atoms with Crippen LogP contribution in [-0.2, 0) is 23.6 Å². The quantitative estimate of drug-likeness (QED) is 0.0757. The summed E-state index contributed by atoms with van der Waals surface area (Å²) in [5, 5.41) is 0. The molecule has 2 N–H and O–H groups in total. The molecule has 0 rings (SSSR count). The van der Waals surface area contributed by atoms with Crippen LogP contribution in [0.5, 0.6) is 0 Å². The molecule has 37 heavy (non-hydrogen) atoms. The van der Waals surface area contributed by atoms with Crippen molar-refractivity contribution in [2.45, 2.75) is 133 Å². The Morgan fingerprint density at radius 1 is 0.649 bits per heavy atom. The summed E-state index contributed by atoms with van der Waals surface area (Å²) in [5.74, 6) is 3.73. The van der Waals surface area contributed by atoms with E-state index < -0.39 is 10.9 Å². The number of thiol groups is 2. The van der Waals surface area contributed by atoms with Crippen LogP contribution in [0.15, 0.2) is 0 Å². The molecule has 0 radical (unpaired) electrons. The monoisotopic (exact) mass is 654 g/mol. The molecule has 0 aliphatic carbocycles. The smallest absolute Gasteiger partial charge is 0.114 e. The molecule has 2 nitrogen and oxygen atoms in total. The average molecular weight is 655 g/mol. The van der Waals surface area contributed by atoms with Crippen LogP contribution < -0.4 is 0 Å². The molecule has 4 atom stereocenters. The van der Waals surface area contributed by atoms with Crippen LogP contribution in [0.2, 0.25) is 0 Å². The Hall–Kier alpha value is 2.27. The molecule has 0 bridgehead atoms. The average Bonchev–Trinajstić information content (AvgIpc) is 2.61. The van der Waals surface area contributed by atoms with Crippen molar-refractivity contribution < 1.29 is 9.79 Å². The van der Waals surface area contributed by atoms with E-state index >= 15 is 0 Å². The Labute approximate surface area is 259 Å². The minimum Gasteiger partial charge on any atom is -0.357 e. The van der Waals surface area contributed by atoms with Gasteiger partial charge in [-0.3, -0.25) is 0 Å². The van der Waals surface area contributed by atoms with Gasteiger partial charge in [-0.15, -0.1) is 24.5 Å². The summed E-state index contributed by atoms with van der Waals surface area (Å²) >= 11 is 20.0. The normalized spacial score (nSPS) is 16.8. The molecule has 9 heteroatoms. The van der Waals surface area contributed by atoms with Crippen molar-refractivity contribution >= 4 is 70.8 Å². The highest BCUT2D eigenvalue weighted by Crippen LogP contribution is 2.49. The molecule has 0 aromatic carbocycles. The Morgan fingerprint density at radius 3 is 1.16 bits per heavy atom. The first-order valence-corrected chi connectivity index (χ1v) is 23.6. The molecule has 0 aliphatic heterocycles. The molecular formula is C28H64O2P2S5.